The minimum Gasteiger partial charge on any atom is -0.493 e. The molecular formula is C17H27NO. The van der Waals surface area contributed by atoms with Crippen molar-refractivity contribution in [2.45, 2.75) is 52.5 Å². The lowest BCUT2D eigenvalue weighted by molar-refractivity contribution is 0.355. The minimum atomic E-state index is 0.618. The Balaban J connectivity index is 1.79. The monoisotopic (exact) mass is 261 g/mol. The maximum Gasteiger partial charge on any atom is 0.122 e. The molecule has 1 aromatic carbocycles. The van der Waals surface area contributed by atoms with E-state index in [1.807, 2.05) is 0 Å². The van der Waals surface area contributed by atoms with Gasteiger partial charge in [0.05, 0.1) is 6.61 Å². The van der Waals surface area contributed by atoms with Gasteiger partial charge in [0.15, 0.2) is 0 Å². The Morgan fingerprint density at radius 1 is 1.26 bits per heavy atom. The number of rotatable bonds is 7. The Kier molecular flexibility index (Phi) is 5.26. The number of nitrogens with one attached hydrogen (secondary N) is 1. The average molecular weight is 261 g/mol. The summed E-state index contributed by atoms with van der Waals surface area (Å²) in [6, 6.07) is 7.26. The molecule has 1 N–H and O–H groups in total. The first kappa shape index (κ1) is 14.4. The van der Waals surface area contributed by atoms with Gasteiger partial charge in [-0.1, -0.05) is 38.8 Å². The molecule has 0 radical (unpaired) electrons. The van der Waals surface area contributed by atoms with Gasteiger partial charge in [-0.25, -0.2) is 0 Å². The second-order valence-electron chi connectivity index (χ2n) is 5.61. The zero-order valence-electron chi connectivity index (χ0n) is 12.5. The molecule has 0 bridgehead atoms. The van der Waals surface area contributed by atoms with Gasteiger partial charge in [0.2, 0.25) is 0 Å². The number of hydrogen-bond acceptors (Lipinski definition) is 2. The van der Waals surface area contributed by atoms with Crippen molar-refractivity contribution in [1.82, 2.24) is 5.32 Å². The van der Waals surface area contributed by atoms with Crippen LogP contribution in [0.25, 0.3) is 0 Å². The molecule has 0 amide bonds. The van der Waals surface area contributed by atoms with Gasteiger partial charge in [-0.15, -0.1) is 0 Å². The Hall–Kier alpha value is -1.02. The van der Waals surface area contributed by atoms with E-state index in [1.165, 1.54) is 24.0 Å². The van der Waals surface area contributed by atoms with E-state index in [9.17, 15) is 0 Å². The van der Waals surface area contributed by atoms with Crippen LogP contribution in [0.15, 0.2) is 18.2 Å². The molecule has 0 saturated carbocycles. The van der Waals surface area contributed by atoms with Gasteiger partial charge in [0.1, 0.15) is 5.75 Å². The molecule has 0 aliphatic carbocycles. The second kappa shape index (κ2) is 6.95. The largest absolute Gasteiger partial charge is 0.493 e. The quantitative estimate of drug-likeness (QED) is 0.810. The van der Waals surface area contributed by atoms with Gasteiger partial charge in [-0.3, -0.25) is 0 Å². The fourth-order valence-corrected chi connectivity index (χ4v) is 3.00. The summed E-state index contributed by atoms with van der Waals surface area (Å²) >= 11 is 0. The fourth-order valence-electron chi connectivity index (χ4n) is 3.00. The number of hydrogen-bond donors (Lipinski definition) is 1. The van der Waals surface area contributed by atoms with Gasteiger partial charge in [-0.2, -0.15) is 0 Å². The van der Waals surface area contributed by atoms with Crippen molar-refractivity contribution in [1.29, 1.82) is 0 Å². The van der Waals surface area contributed by atoms with Crippen molar-refractivity contribution >= 4 is 0 Å². The fraction of sp³-hybridized carbons (Fsp3) is 0.647. The molecule has 2 heteroatoms. The van der Waals surface area contributed by atoms with Crippen LogP contribution >= 0.6 is 0 Å². The predicted octanol–water partition coefficient (Wildman–Crippen LogP) is 3.58. The van der Waals surface area contributed by atoms with E-state index >= 15 is 0 Å². The van der Waals surface area contributed by atoms with Crippen LogP contribution in [0.1, 0.15) is 44.7 Å². The SMILES string of the molecule is CCC(CC)C(C)NCCc1ccc2c(c1)CCO2. The van der Waals surface area contributed by atoms with Crippen LogP contribution in [0.3, 0.4) is 0 Å². The smallest absolute Gasteiger partial charge is 0.122 e. The molecule has 1 heterocycles. The number of benzene rings is 1. The van der Waals surface area contributed by atoms with Crippen LogP contribution in [0.2, 0.25) is 0 Å². The van der Waals surface area contributed by atoms with Crippen LogP contribution in [-0.2, 0) is 12.8 Å². The third-order valence-corrected chi connectivity index (χ3v) is 4.39. The molecule has 2 rings (SSSR count). The first-order valence-corrected chi connectivity index (χ1v) is 7.72. The highest BCUT2D eigenvalue weighted by Crippen LogP contribution is 2.25. The molecule has 0 spiro atoms. The standard InChI is InChI=1S/C17H27NO/c1-4-15(5-2)13(3)18-10-8-14-6-7-17-16(12-14)9-11-19-17/h6-7,12-13,15,18H,4-5,8-11H2,1-3H3. The first-order valence-electron chi connectivity index (χ1n) is 7.72. The highest BCUT2D eigenvalue weighted by molar-refractivity contribution is 5.39. The summed E-state index contributed by atoms with van der Waals surface area (Å²) < 4.78 is 5.54. The highest BCUT2D eigenvalue weighted by Gasteiger charge is 2.13. The van der Waals surface area contributed by atoms with E-state index in [1.54, 1.807) is 0 Å². The van der Waals surface area contributed by atoms with E-state index in [0.717, 1.165) is 37.7 Å². The van der Waals surface area contributed by atoms with Crippen LogP contribution < -0.4 is 10.1 Å². The van der Waals surface area contributed by atoms with Gasteiger partial charge in [-0.05, 0) is 43.0 Å². The molecule has 19 heavy (non-hydrogen) atoms. The Labute approximate surface area is 117 Å². The van der Waals surface area contributed by atoms with Crippen LogP contribution in [0, 0.1) is 5.92 Å². The number of ether oxygens (including phenoxy) is 1. The Morgan fingerprint density at radius 2 is 2.05 bits per heavy atom. The molecule has 106 valence electrons. The van der Waals surface area contributed by atoms with Crippen LogP contribution in [-0.4, -0.2) is 19.2 Å². The molecule has 1 aliphatic heterocycles. The average Bonchev–Trinajstić information content (AvgIpc) is 2.87. The maximum atomic E-state index is 5.54. The van der Waals surface area contributed by atoms with E-state index in [-0.39, 0.29) is 0 Å². The molecule has 2 nitrogen and oxygen atoms in total. The lowest BCUT2D eigenvalue weighted by Gasteiger charge is -2.22. The van der Waals surface area contributed by atoms with E-state index in [2.05, 4.69) is 44.3 Å². The lowest BCUT2D eigenvalue weighted by atomic mass is 9.95. The van der Waals surface area contributed by atoms with Crippen LogP contribution in [0.4, 0.5) is 0 Å². The molecule has 1 unspecified atom stereocenters. The summed E-state index contributed by atoms with van der Waals surface area (Å²) in [5.41, 5.74) is 2.80. The molecule has 1 aliphatic rings. The summed E-state index contributed by atoms with van der Waals surface area (Å²) in [5.74, 6) is 1.88. The van der Waals surface area contributed by atoms with E-state index in [4.69, 9.17) is 4.74 Å². The summed E-state index contributed by atoms with van der Waals surface area (Å²) in [7, 11) is 0. The molecule has 0 saturated heterocycles. The van der Waals surface area contributed by atoms with E-state index in [0.29, 0.717) is 6.04 Å². The summed E-state index contributed by atoms with van der Waals surface area (Å²) in [4.78, 5) is 0. The summed E-state index contributed by atoms with van der Waals surface area (Å²) in [5, 5.41) is 3.67. The van der Waals surface area contributed by atoms with Crippen molar-refractivity contribution < 1.29 is 4.74 Å². The second-order valence-corrected chi connectivity index (χ2v) is 5.61. The summed E-state index contributed by atoms with van der Waals surface area (Å²) in [6.45, 7) is 8.80. The van der Waals surface area contributed by atoms with Gasteiger partial charge >= 0.3 is 0 Å². The zero-order chi connectivity index (χ0) is 13.7. The zero-order valence-corrected chi connectivity index (χ0v) is 12.5. The normalized spacial score (nSPS) is 15.4. The Morgan fingerprint density at radius 3 is 2.79 bits per heavy atom. The van der Waals surface area contributed by atoms with Gasteiger partial charge < -0.3 is 10.1 Å². The third kappa shape index (κ3) is 3.73. The molecule has 0 aromatic heterocycles. The highest BCUT2D eigenvalue weighted by atomic mass is 16.5. The maximum absolute atomic E-state index is 5.54. The van der Waals surface area contributed by atoms with Gasteiger partial charge in [0.25, 0.3) is 0 Å². The van der Waals surface area contributed by atoms with Crippen molar-refractivity contribution in [3.8, 4) is 5.75 Å². The topological polar surface area (TPSA) is 21.3 Å². The molecule has 1 atom stereocenters. The lowest BCUT2D eigenvalue weighted by Crippen LogP contribution is -2.34. The molecule has 1 aromatic rings. The molecule has 0 fully saturated rings. The van der Waals surface area contributed by atoms with Gasteiger partial charge in [0, 0.05) is 12.5 Å². The minimum absolute atomic E-state index is 0.618. The first-order chi connectivity index (χ1) is 9.24. The predicted molar refractivity (Wildman–Crippen MR) is 80.9 cm³/mol. The van der Waals surface area contributed by atoms with Crippen molar-refractivity contribution in [2.75, 3.05) is 13.2 Å². The summed E-state index contributed by atoms with van der Waals surface area (Å²) in [6.07, 6.45) is 4.71. The van der Waals surface area contributed by atoms with Crippen molar-refractivity contribution in [2.24, 2.45) is 5.92 Å². The third-order valence-electron chi connectivity index (χ3n) is 4.39. The molecular weight excluding hydrogens is 234 g/mol. The van der Waals surface area contributed by atoms with Crippen molar-refractivity contribution in [3.05, 3.63) is 29.3 Å². The van der Waals surface area contributed by atoms with E-state index < -0.39 is 0 Å². The number of fused-ring (bicyclic) bond motifs is 1. The van der Waals surface area contributed by atoms with Crippen molar-refractivity contribution in [3.63, 3.8) is 0 Å². The Bertz CT molecular complexity index is 398. The van der Waals surface area contributed by atoms with Crippen LogP contribution in [0.5, 0.6) is 5.75 Å².